The lowest BCUT2D eigenvalue weighted by Gasteiger charge is -2.08. The third-order valence-electron chi connectivity index (χ3n) is 2.52. The minimum absolute atomic E-state index is 0.583. The molecule has 0 bridgehead atoms. The zero-order valence-electron chi connectivity index (χ0n) is 8.68. The van der Waals surface area contributed by atoms with Gasteiger partial charge in [0.1, 0.15) is 11.9 Å². The van der Waals surface area contributed by atoms with Crippen LogP contribution in [0.1, 0.15) is 29.9 Å². The zero-order chi connectivity index (χ0) is 10.7. The van der Waals surface area contributed by atoms with Crippen molar-refractivity contribution < 1.29 is 9.52 Å². The molecule has 1 aromatic heterocycles. The van der Waals surface area contributed by atoms with Crippen molar-refractivity contribution in [2.75, 3.05) is 0 Å². The third-order valence-corrected chi connectivity index (χ3v) is 2.52. The monoisotopic (exact) mass is 202 g/mol. The SMILES string of the molecule is CCc1ccc(C(O)c2ccco2)cc1. The van der Waals surface area contributed by atoms with Gasteiger partial charge in [0.2, 0.25) is 0 Å². The number of hydrogen-bond acceptors (Lipinski definition) is 2. The van der Waals surface area contributed by atoms with Crippen molar-refractivity contribution in [2.45, 2.75) is 19.4 Å². The van der Waals surface area contributed by atoms with Gasteiger partial charge in [-0.25, -0.2) is 0 Å². The van der Waals surface area contributed by atoms with E-state index in [2.05, 4.69) is 6.92 Å². The molecular weight excluding hydrogens is 188 g/mol. The Morgan fingerprint density at radius 2 is 1.93 bits per heavy atom. The van der Waals surface area contributed by atoms with E-state index < -0.39 is 6.10 Å². The second-order valence-electron chi connectivity index (χ2n) is 3.51. The van der Waals surface area contributed by atoms with E-state index in [1.807, 2.05) is 24.3 Å². The van der Waals surface area contributed by atoms with Gasteiger partial charge in [0.05, 0.1) is 6.26 Å². The smallest absolute Gasteiger partial charge is 0.137 e. The largest absolute Gasteiger partial charge is 0.466 e. The highest BCUT2D eigenvalue weighted by atomic mass is 16.4. The molecule has 78 valence electrons. The number of aryl methyl sites for hydroxylation is 1. The summed E-state index contributed by atoms with van der Waals surface area (Å²) in [6, 6.07) is 11.5. The molecule has 0 aliphatic rings. The van der Waals surface area contributed by atoms with Gasteiger partial charge < -0.3 is 9.52 Å². The summed E-state index contributed by atoms with van der Waals surface area (Å²) in [6.07, 6.45) is 1.92. The molecule has 2 heteroatoms. The van der Waals surface area contributed by atoms with E-state index in [9.17, 15) is 5.11 Å². The first-order valence-corrected chi connectivity index (χ1v) is 5.11. The standard InChI is InChI=1S/C13H14O2/c1-2-10-5-7-11(8-6-10)13(14)12-4-3-9-15-12/h3-9,13-14H,2H2,1H3. The van der Waals surface area contributed by atoms with Gasteiger partial charge in [0.25, 0.3) is 0 Å². The molecule has 1 atom stereocenters. The van der Waals surface area contributed by atoms with Crippen molar-refractivity contribution >= 4 is 0 Å². The highest BCUT2D eigenvalue weighted by Gasteiger charge is 2.12. The van der Waals surface area contributed by atoms with Crippen molar-refractivity contribution in [3.05, 3.63) is 59.5 Å². The van der Waals surface area contributed by atoms with Crippen molar-refractivity contribution in [2.24, 2.45) is 0 Å². The summed E-state index contributed by atoms with van der Waals surface area (Å²) in [5, 5.41) is 9.95. The van der Waals surface area contributed by atoms with Crippen LogP contribution in [0.15, 0.2) is 47.1 Å². The topological polar surface area (TPSA) is 33.4 Å². The maximum atomic E-state index is 9.95. The first-order valence-electron chi connectivity index (χ1n) is 5.11. The molecule has 2 nitrogen and oxygen atoms in total. The predicted molar refractivity (Wildman–Crippen MR) is 58.6 cm³/mol. The molecule has 0 fully saturated rings. The Morgan fingerprint density at radius 3 is 2.47 bits per heavy atom. The van der Waals surface area contributed by atoms with Crippen molar-refractivity contribution in [3.8, 4) is 0 Å². The normalized spacial score (nSPS) is 12.7. The molecule has 0 aliphatic heterocycles. The van der Waals surface area contributed by atoms with Crippen molar-refractivity contribution in [1.29, 1.82) is 0 Å². The number of furan rings is 1. The molecular formula is C13H14O2. The quantitative estimate of drug-likeness (QED) is 0.830. The maximum Gasteiger partial charge on any atom is 0.137 e. The summed E-state index contributed by atoms with van der Waals surface area (Å²) in [5.41, 5.74) is 2.13. The maximum absolute atomic E-state index is 9.95. The lowest BCUT2D eigenvalue weighted by Crippen LogP contribution is -1.97. The van der Waals surface area contributed by atoms with Crippen LogP contribution < -0.4 is 0 Å². The van der Waals surface area contributed by atoms with E-state index in [4.69, 9.17) is 4.42 Å². The van der Waals surface area contributed by atoms with Crippen LogP contribution in [0.5, 0.6) is 0 Å². The van der Waals surface area contributed by atoms with Gasteiger partial charge in [-0.1, -0.05) is 31.2 Å². The summed E-state index contributed by atoms with van der Waals surface area (Å²) in [6.45, 7) is 2.11. The van der Waals surface area contributed by atoms with E-state index in [-0.39, 0.29) is 0 Å². The molecule has 1 heterocycles. The van der Waals surface area contributed by atoms with Gasteiger partial charge in [-0.2, -0.15) is 0 Å². The van der Waals surface area contributed by atoms with E-state index in [1.165, 1.54) is 5.56 Å². The van der Waals surface area contributed by atoms with Crippen LogP contribution in [0.2, 0.25) is 0 Å². The number of benzene rings is 1. The Kier molecular flexibility index (Phi) is 2.88. The van der Waals surface area contributed by atoms with Crippen LogP contribution in [-0.2, 0) is 6.42 Å². The average molecular weight is 202 g/mol. The molecule has 1 N–H and O–H groups in total. The highest BCUT2D eigenvalue weighted by molar-refractivity contribution is 5.28. The Labute approximate surface area is 89.2 Å². The average Bonchev–Trinajstić information content (AvgIpc) is 2.82. The van der Waals surface area contributed by atoms with E-state index in [1.54, 1.807) is 18.4 Å². The molecule has 0 spiro atoms. The van der Waals surface area contributed by atoms with Crippen LogP contribution in [0, 0.1) is 0 Å². The van der Waals surface area contributed by atoms with Crippen LogP contribution in [0.4, 0.5) is 0 Å². The van der Waals surface area contributed by atoms with Crippen LogP contribution in [-0.4, -0.2) is 5.11 Å². The van der Waals surface area contributed by atoms with E-state index in [0.29, 0.717) is 5.76 Å². The molecule has 1 aromatic carbocycles. The van der Waals surface area contributed by atoms with E-state index >= 15 is 0 Å². The lowest BCUT2D eigenvalue weighted by atomic mass is 10.0. The fourth-order valence-electron chi connectivity index (χ4n) is 1.55. The molecule has 0 radical (unpaired) electrons. The van der Waals surface area contributed by atoms with Crippen molar-refractivity contribution in [1.82, 2.24) is 0 Å². The fraction of sp³-hybridized carbons (Fsp3) is 0.231. The van der Waals surface area contributed by atoms with Gasteiger partial charge in [0.15, 0.2) is 0 Å². The number of rotatable bonds is 3. The first kappa shape index (κ1) is 9.99. The van der Waals surface area contributed by atoms with Crippen LogP contribution >= 0.6 is 0 Å². The lowest BCUT2D eigenvalue weighted by molar-refractivity contribution is 0.189. The predicted octanol–water partition coefficient (Wildman–Crippen LogP) is 2.92. The van der Waals surface area contributed by atoms with Crippen molar-refractivity contribution in [3.63, 3.8) is 0 Å². The van der Waals surface area contributed by atoms with E-state index in [0.717, 1.165) is 12.0 Å². The first-order chi connectivity index (χ1) is 7.31. The zero-order valence-corrected chi connectivity index (χ0v) is 8.68. The minimum atomic E-state index is -0.661. The van der Waals surface area contributed by atoms with Gasteiger partial charge >= 0.3 is 0 Å². The molecule has 0 saturated carbocycles. The summed E-state index contributed by atoms with van der Waals surface area (Å²) < 4.78 is 5.16. The third kappa shape index (κ3) is 2.10. The van der Waals surface area contributed by atoms with Gasteiger partial charge in [0, 0.05) is 0 Å². The Bertz CT molecular complexity index is 401. The summed E-state index contributed by atoms with van der Waals surface area (Å²) in [4.78, 5) is 0. The second kappa shape index (κ2) is 4.32. The fourth-order valence-corrected chi connectivity index (χ4v) is 1.55. The molecule has 2 rings (SSSR count). The summed E-state index contributed by atoms with van der Waals surface area (Å²) >= 11 is 0. The Morgan fingerprint density at radius 1 is 1.20 bits per heavy atom. The highest BCUT2D eigenvalue weighted by Crippen LogP contribution is 2.22. The number of aliphatic hydroxyl groups is 1. The Balaban J connectivity index is 2.22. The van der Waals surface area contributed by atoms with Gasteiger partial charge in [-0.05, 0) is 29.7 Å². The van der Waals surface area contributed by atoms with Crippen LogP contribution in [0.25, 0.3) is 0 Å². The summed E-state index contributed by atoms with van der Waals surface area (Å²) in [7, 11) is 0. The summed E-state index contributed by atoms with van der Waals surface area (Å²) in [5.74, 6) is 0.583. The molecule has 0 aliphatic carbocycles. The molecule has 0 saturated heterocycles. The molecule has 15 heavy (non-hydrogen) atoms. The molecule has 2 aromatic rings. The van der Waals surface area contributed by atoms with Gasteiger partial charge in [-0.15, -0.1) is 0 Å². The van der Waals surface area contributed by atoms with Gasteiger partial charge in [-0.3, -0.25) is 0 Å². The van der Waals surface area contributed by atoms with Crippen LogP contribution in [0.3, 0.4) is 0 Å². The number of aliphatic hydroxyl groups excluding tert-OH is 1. The molecule has 0 amide bonds. The number of hydrogen-bond donors (Lipinski definition) is 1. The minimum Gasteiger partial charge on any atom is -0.466 e. The Hall–Kier alpha value is -1.54. The second-order valence-corrected chi connectivity index (χ2v) is 3.51. The molecule has 1 unspecified atom stereocenters.